The lowest BCUT2D eigenvalue weighted by Gasteiger charge is -2.18. The van der Waals surface area contributed by atoms with Gasteiger partial charge in [-0.25, -0.2) is 4.21 Å². The van der Waals surface area contributed by atoms with Crippen molar-refractivity contribution < 1.29 is 18.7 Å². The quantitative estimate of drug-likeness (QED) is 0.432. The summed E-state index contributed by atoms with van der Waals surface area (Å²) in [5.74, 6) is -0.0652. The Kier molecular flexibility index (Phi) is 6.56. The maximum Gasteiger partial charge on any atom is 0.206 e. The molecular formula is C20H13Br3O4S. The number of phenols is 1. The van der Waals surface area contributed by atoms with Crippen molar-refractivity contribution in [1.29, 1.82) is 0 Å². The van der Waals surface area contributed by atoms with E-state index in [1.807, 2.05) is 0 Å². The number of rotatable bonds is 3. The number of phenolic OH excluding ortho intramolecular Hbond substituents is 1. The minimum atomic E-state index is -2.21. The molecule has 0 bridgehead atoms. The molecule has 2 aromatic carbocycles. The molecule has 1 unspecified atom stereocenters. The average molecular weight is 589 g/mol. The summed E-state index contributed by atoms with van der Waals surface area (Å²) in [6.07, 6.45) is 3.35. The number of allylic oxidation sites excluding steroid dienone is 5. The van der Waals surface area contributed by atoms with Crippen LogP contribution in [0.15, 0.2) is 72.5 Å². The van der Waals surface area contributed by atoms with E-state index in [4.69, 9.17) is 0 Å². The van der Waals surface area contributed by atoms with Gasteiger partial charge in [0.05, 0.1) is 18.3 Å². The molecule has 3 rings (SSSR count). The topological polar surface area (TPSA) is 74.6 Å². The van der Waals surface area contributed by atoms with Crippen LogP contribution in [-0.2, 0) is 15.9 Å². The molecule has 0 fully saturated rings. The number of halogens is 3. The third-order valence-corrected chi connectivity index (χ3v) is 6.69. The number of aryl methyl sites for hydroxylation is 1. The molecule has 0 amide bonds. The number of carbonyl (C=O) groups excluding carboxylic acids is 1. The molecule has 1 atom stereocenters. The highest BCUT2D eigenvalue weighted by Crippen LogP contribution is 2.39. The van der Waals surface area contributed by atoms with Crippen molar-refractivity contribution in [3.05, 3.63) is 84.3 Å². The molecular weight excluding hydrogens is 576 g/mol. The van der Waals surface area contributed by atoms with E-state index in [9.17, 15) is 18.7 Å². The van der Waals surface area contributed by atoms with Crippen molar-refractivity contribution in [1.82, 2.24) is 0 Å². The second kappa shape index (κ2) is 8.59. The molecule has 4 nitrogen and oxygen atoms in total. The van der Waals surface area contributed by atoms with E-state index in [0.717, 1.165) is 5.56 Å². The Balaban J connectivity index is 2.43. The van der Waals surface area contributed by atoms with E-state index >= 15 is 0 Å². The molecule has 0 radical (unpaired) electrons. The van der Waals surface area contributed by atoms with Crippen LogP contribution in [0.3, 0.4) is 0 Å². The second-order valence-corrected chi connectivity index (χ2v) is 9.51. The number of hydrogen-bond donors (Lipinski definition) is 2. The first-order valence-corrected chi connectivity index (χ1v) is 11.4. The van der Waals surface area contributed by atoms with Crippen LogP contribution in [0.25, 0.3) is 5.57 Å². The zero-order chi connectivity index (χ0) is 20.6. The van der Waals surface area contributed by atoms with Gasteiger partial charge < -0.3 is 9.66 Å². The summed E-state index contributed by atoms with van der Waals surface area (Å²) in [7, 11) is 0. The van der Waals surface area contributed by atoms with E-state index in [0.29, 0.717) is 35.7 Å². The fourth-order valence-electron chi connectivity index (χ4n) is 2.89. The first kappa shape index (κ1) is 21.4. The lowest BCUT2D eigenvalue weighted by Crippen LogP contribution is -2.06. The van der Waals surface area contributed by atoms with Crippen LogP contribution in [0.4, 0.5) is 0 Å². The standard InChI is InChI=1S/C20H13Br3O4S/c1-10-6-11(7-14(21)19(10)24)18(12-8-15(22)20(25)16(23)9-12)13-4-2-3-5-17(13)28(26)27/h2-9,24H,1H3,(H,26,27). The van der Waals surface area contributed by atoms with Crippen LogP contribution < -0.4 is 0 Å². The normalized spacial score (nSPS) is 15.2. The maximum atomic E-state index is 12.1. The predicted octanol–water partition coefficient (Wildman–Crippen LogP) is 5.99. The van der Waals surface area contributed by atoms with Gasteiger partial charge in [0.25, 0.3) is 0 Å². The van der Waals surface area contributed by atoms with Crippen LogP contribution in [-0.4, -0.2) is 19.7 Å². The van der Waals surface area contributed by atoms with Crippen LogP contribution >= 0.6 is 47.8 Å². The summed E-state index contributed by atoms with van der Waals surface area (Å²) in [6, 6.07) is 10.3. The molecule has 144 valence electrons. The van der Waals surface area contributed by atoms with Crippen molar-refractivity contribution in [3.63, 3.8) is 0 Å². The third kappa shape index (κ3) is 4.16. The van der Waals surface area contributed by atoms with Crippen LogP contribution in [0.1, 0.15) is 16.7 Å². The number of aromatic hydroxyl groups is 1. The predicted molar refractivity (Wildman–Crippen MR) is 121 cm³/mol. The highest BCUT2D eigenvalue weighted by molar-refractivity contribution is 9.13. The third-order valence-electron chi connectivity index (χ3n) is 4.17. The average Bonchev–Trinajstić information content (AvgIpc) is 2.64. The van der Waals surface area contributed by atoms with Crippen molar-refractivity contribution in [3.8, 4) is 5.75 Å². The van der Waals surface area contributed by atoms with Gasteiger partial charge in [0.15, 0.2) is 11.1 Å². The Morgan fingerprint density at radius 3 is 2.21 bits per heavy atom. The lowest BCUT2D eigenvalue weighted by molar-refractivity contribution is -0.110. The SMILES string of the molecule is Cc1cc(C(=C2C=C(Br)C(=O)C(Br)=C2)c2ccccc2S(=O)O)cc(Br)c1O. The van der Waals surface area contributed by atoms with Gasteiger partial charge in [-0.15, -0.1) is 0 Å². The first-order valence-electron chi connectivity index (χ1n) is 7.93. The Morgan fingerprint density at radius 1 is 1.04 bits per heavy atom. The Morgan fingerprint density at radius 2 is 1.64 bits per heavy atom. The fraction of sp³-hybridized carbons (Fsp3) is 0.0500. The highest BCUT2D eigenvalue weighted by atomic mass is 79.9. The summed E-state index contributed by atoms with van der Waals surface area (Å²) in [4.78, 5) is 12.4. The molecule has 2 aromatic rings. The second-order valence-electron chi connectivity index (χ2n) is 6.01. The largest absolute Gasteiger partial charge is 0.506 e. The van der Waals surface area contributed by atoms with Gasteiger partial charge in [0.1, 0.15) is 5.75 Å². The van der Waals surface area contributed by atoms with Crippen molar-refractivity contribution in [2.75, 3.05) is 0 Å². The highest BCUT2D eigenvalue weighted by Gasteiger charge is 2.22. The van der Waals surface area contributed by atoms with Gasteiger partial charge >= 0.3 is 0 Å². The van der Waals surface area contributed by atoms with E-state index in [-0.39, 0.29) is 16.4 Å². The van der Waals surface area contributed by atoms with Gasteiger partial charge in [-0.1, -0.05) is 18.2 Å². The molecule has 0 saturated carbocycles. The van der Waals surface area contributed by atoms with Gasteiger partial charge in [0, 0.05) is 5.56 Å². The number of hydrogen-bond acceptors (Lipinski definition) is 3. The summed E-state index contributed by atoms with van der Waals surface area (Å²) >= 11 is 7.72. The molecule has 0 aliphatic heterocycles. The van der Waals surface area contributed by atoms with Crippen LogP contribution in [0.5, 0.6) is 5.75 Å². The molecule has 8 heteroatoms. The Bertz CT molecular complexity index is 1070. The number of ketones is 1. The minimum Gasteiger partial charge on any atom is -0.506 e. The summed E-state index contributed by atoms with van der Waals surface area (Å²) < 4.78 is 23.0. The monoisotopic (exact) mass is 586 g/mol. The molecule has 28 heavy (non-hydrogen) atoms. The zero-order valence-corrected chi connectivity index (χ0v) is 19.9. The van der Waals surface area contributed by atoms with E-state index in [1.54, 1.807) is 55.5 Å². The minimum absolute atomic E-state index is 0.124. The van der Waals surface area contributed by atoms with Gasteiger partial charge in [-0.3, -0.25) is 4.79 Å². The number of carbonyl (C=O) groups is 1. The Labute approximate surface area is 189 Å². The molecule has 1 aliphatic rings. The zero-order valence-electron chi connectivity index (χ0n) is 14.4. The fourth-order valence-corrected chi connectivity index (χ4v) is 5.19. The van der Waals surface area contributed by atoms with Crippen LogP contribution in [0, 0.1) is 6.92 Å². The van der Waals surface area contributed by atoms with Crippen molar-refractivity contribution in [2.45, 2.75) is 11.8 Å². The van der Waals surface area contributed by atoms with E-state index in [2.05, 4.69) is 47.8 Å². The van der Waals surface area contributed by atoms with Crippen LogP contribution in [0.2, 0.25) is 0 Å². The number of benzene rings is 2. The van der Waals surface area contributed by atoms with Gasteiger partial charge in [-0.05, 0) is 107 Å². The maximum absolute atomic E-state index is 12.1. The molecule has 1 aliphatic carbocycles. The molecule has 0 saturated heterocycles. The summed E-state index contributed by atoms with van der Waals surface area (Å²) in [5.41, 5.74) is 3.25. The van der Waals surface area contributed by atoms with Gasteiger partial charge in [-0.2, -0.15) is 0 Å². The first-order chi connectivity index (χ1) is 13.2. The molecule has 0 heterocycles. The number of Topliss-reactive ketones (excluding diaryl/α,β-unsaturated/α-hetero) is 1. The smallest absolute Gasteiger partial charge is 0.206 e. The Hall–Kier alpha value is -1.32. The van der Waals surface area contributed by atoms with E-state index in [1.165, 1.54) is 0 Å². The molecule has 0 spiro atoms. The van der Waals surface area contributed by atoms with Gasteiger partial charge in [0.2, 0.25) is 5.78 Å². The summed E-state index contributed by atoms with van der Waals surface area (Å²) in [5, 5.41) is 10.1. The van der Waals surface area contributed by atoms with Crippen molar-refractivity contribution in [2.24, 2.45) is 0 Å². The lowest BCUT2D eigenvalue weighted by atomic mass is 9.90. The van der Waals surface area contributed by atoms with E-state index < -0.39 is 11.1 Å². The summed E-state index contributed by atoms with van der Waals surface area (Å²) in [6.45, 7) is 1.77. The molecule has 0 aromatic heterocycles. The molecule has 2 N–H and O–H groups in total. The van der Waals surface area contributed by atoms with Crippen molar-refractivity contribution >= 4 is 70.2 Å².